The summed E-state index contributed by atoms with van der Waals surface area (Å²) in [5, 5.41) is 9.51. The van der Waals surface area contributed by atoms with Crippen LogP contribution in [-0.2, 0) is 16.1 Å². The first kappa shape index (κ1) is 21.4. The summed E-state index contributed by atoms with van der Waals surface area (Å²) in [6, 6.07) is 5.90. The quantitative estimate of drug-likeness (QED) is 0.833. The molecular formula is C22H33N3O4. The Morgan fingerprint density at radius 3 is 2.45 bits per heavy atom. The van der Waals surface area contributed by atoms with Gasteiger partial charge in [-0.05, 0) is 57.7 Å². The van der Waals surface area contributed by atoms with Gasteiger partial charge < -0.3 is 19.6 Å². The Labute approximate surface area is 173 Å². The number of rotatable bonds is 4. The Morgan fingerprint density at radius 1 is 1.14 bits per heavy atom. The van der Waals surface area contributed by atoms with Crippen LogP contribution in [0.5, 0.6) is 0 Å². The fraction of sp³-hybridized carbons (Fsp3) is 0.636. The minimum absolute atomic E-state index is 0.247. The highest BCUT2D eigenvalue weighted by Crippen LogP contribution is 2.30. The van der Waals surface area contributed by atoms with Gasteiger partial charge in [0, 0.05) is 45.0 Å². The van der Waals surface area contributed by atoms with Crippen molar-refractivity contribution in [3.8, 4) is 0 Å². The molecule has 1 unspecified atom stereocenters. The van der Waals surface area contributed by atoms with Crippen LogP contribution in [0.15, 0.2) is 18.2 Å². The molecule has 2 saturated heterocycles. The van der Waals surface area contributed by atoms with Gasteiger partial charge in [0.1, 0.15) is 11.6 Å². The molecule has 1 aromatic carbocycles. The molecule has 1 aromatic rings. The number of aliphatic carboxylic acids is 1. The molecule has 0 aliphatic carbocycles. The second-order valence-corrected chi connectivity index (χ2v) is 9.05. The van der Waals surface area contributed by atoms with E-state index >= 15 is 0 Å². The number of carbonyl (C=O) groups is 2. The molecule has 2 fully saturated rings. The second-order valence-electron chi connectivity index (χ2n) is 9.05. The zero-order valence-corrected chi connectivity index (χ0v) is 18.0. The lowest BCUT2D eigenvalue weighted by Crippen LogP contribution is -2.49. The van der Waals surface area contributed by atoms with Crippen molar-refractivity contribution in [2.75, 3.05) is 37.6 Å². The average Bonchev–Trinajstić information content (AvgIpc) is 3.12. The number of anilines is 1. The van der Waals surface area contributed by atoms with Gasteiger partial charge in [-0.3, -0.25) is 4.90 Å². The van der Waals surface area contributed by atoms with Crippen LogP contribution in [0.1, 0.15) is 44.7 Å². The fourth-order valence-corrected chi connectivity index (χ4v) is 4.05. The molecule has 0 bridgehead atoms. The highest BCUT2D eigenvalue weighted by atomic mass is 16.6. The molecule has 7 heteroatoms. The lowest BCUT2D eigenvalue weighted by atomic mass is 10.1. The highest BCUT2D eigenvalue weighted by Gasteiger charge is 2.31. The molecule has 0 spiro atoms. The molecule has 2 heterocycles. The van der Waals surface area contributed by atoms with E-state index in [1.54, 1.807) is 4.90 Å². The number of carbonyl (C=O) groups excluding carboxylic acids is 1. The van der Waals surface area contributed by atoms with Gasteiger partial charge in [-0.2, -0.15) is 0 Å². The number of hydrogen-bond acceptors (Lipinski definition) is 5. The van der Waals surface area contributed by atoms with E-state index in [2.05, 4.69) is 23.1 Å². The Hall–Kier alpha value is -2.28. The summed E-state index contributed by atoms with van der Waals surface area (Å²) in [5.41, 5.74) is 2.83. The van der Waals surface area contributed by atoms with Crippen molar-refractivity contribution in [2.24, 2.45) is 0 Å². The van der Waals surface area contributed by atoms with Crippen LogP contribution in [0.25, 0.3) is 0 Å². The number of piperazine rings is 1. The molecule has 0 radical (unpaired) electrons. The number of carboxylic acid groups (broad SMARTS) is 1. The number of aryl methyl sites for hydroxylation is 1. The van der Waals surface area contributed by atoms with Crippen molar-refractivity contribution < 1.29 is 19.4 Å². The first-order valence-corrected chi connectivity index (χ1v) is 10.4. The maximum Gasteiger partial charge on any atom is 0.410 e. The van der Waals surface area contributed by atoms with E-state index in [0.29, 0.717) is 19.5 Å². The first-order chi connectivity index (χ1) is 13.6. The molecule has 2 aliphatic rings. The summed E-state index contributed by atoms with van der Waals surface area (Å²) in [6.45, 7) is 12.2. The van der Waals surface area contributed by atoms with Crippen molar-refractivity contribution in [3.63, 3.8) is 0 Å². The zero-order chi connectivity index (χ0) is 21.2. The molecule has 1 N–H and O–H groups in total. The maximum absolute atomic E-state index is 12.2. The molecule has 1 amide bonds. The Morgan fingerprint density at radius 2 is 1.83 bits per heavy atom. The Bertz CT molecular complexity index is 751. The molecule has 0 saturated carbocycles. The van der Waals surface area contributed by atoms with Gasteiger partial charge >= 0.3 is 12.1 Å². The lowest BCUT2D eigenvalue weighted by molar-refractivity contribution is -0.138. The van der Waals surface area contributed by atoms with Crippen LogP contribution in [0.4, 0.5) is 10.5 Å². The summed E-state index contributed by atoms with van der Waals surface area (Å²) in [4.78, 5) is 29.9. The van der Waals surface area contributed by atoms with Crippen molar-refractivity contribution in [1.82, 2.24) is 9.80 Å². The normalized spacial score (nSPS) is 20.8. The van der Waals surface area contributed by atoms with Gasteiger partial charge in [0.2, 0.25) is 0 Å². The van der Waals surface area contributed by atoms with E-state index in [0.717, 1.165) is 43.9 Å². The van der Waals surface area contributed by atoms with Crippen molar-refractivity contribution in [3.05, 3.63) is 29.3 Å². The monoisotopic (exact) mass is 403 g/mol. The number of hydrogen-bond donors (Lipinski definition) is 1. The van der Waals surface area contributed by atoms with Crippen LogP contribution >= 0.6 is 0 Å². The van der Waals surface area contributed by atoms with Gasteiger partial charge in [-0.1, -0.05) is 12.1 Å². The summed E-state index contributed by atoms with van der Waals surface area (Å²) < 4.78 is 5.46. The molecule has 3 rings (SSSR count). The highest BCUT2D eigenvalue weighted by molar-refractivity contribution is 5.79. The largest absolute Gasteiger partial charge is 0.480 e. The van der Waals surface area contributed by atoms with E-state index in [-0.39, 0.29) is 6.09 Å². The minimum atomic E-state index is -0.745. The third kappa shape index (κ3) is 5.41. The Kier molecular flexibility index (Phi) is 6.36. The Balaban J connectivity index is 1.61. The molecule has 2 aliphatic heterocycles. The van der Waals surface area contributed by atoms with E-state index in [4.69, 9.17) is 4.74 Å². The summed E-state index contributed by atoms with van der Waals surface area (Å²) in [7, 11) is 0. The van der Waals surface area contributed by atoms with Crippen LogP contribution in [0, 0.1) is 6.92 Å². The third-order valence-electron chi connectivity index (χ3n) is 5.55. The maximum atomic E-state index is 12.2. The van der Waals surface area contributed by atoms with Crippen LogP contribution < -0.4 is 4.90 Å². The number of benzene rings is 1. The molecule has 1 atom stereocenters. The first-order valence-electron chi connectivity index (χ1n) is 10.4. The van der Waals surface area contributed by atoms with Crippen molar-refractivity contribution in [2.45, 2.75) is 58.7 Å². The van der Waals surface area contributed by atoms with Crippen molar-refractivity contribution >= 4 is 17.7 Å². The smallest absolute Gasteiger partial charge is 0.410 e. The van der Waals surface area contributed by atoms with Crippen LogP contribution in [0.3, 0.4) is 0 Å². The SMILES string of the molecule is Cc1ccc(CN2CCN(C(=O)OC(C)(C)C)CC2)cc1N1CCCC1C(=O)O. The van der Waals surface area contributed by atoms with Crippen LogP contribution in [-0.4, -0.2) is 71.3 Å². The van der Waals surface area contributed by atoms with Crippen LogP contribution in [0.2, 0.25) is 0 Å². The van der Waals surface area contributed by atoms with E-state index in [1.807, 2.05) is 32.6 Å². The predicted octanol–water partition coefficient (Wildman–Crippen LogP) is 3.10. The van der Waals surface area contributed by atoms with E-state index in [9.17, 15) is 14.7 Å². The van der Waals surface area contributed by atoms with Gasteiger partial charge in [0.25, 0.3) is 0 Å². The minimum Gasteiger partial charge on any atom is -0.480 e. The van der Waals surface area contributed by atoms with E-state index < -0.39 is 17.6 Å². The second kappa shape index (κ2) is 8.61. The molecule has 7 nitrogen and oxygen atoms in total. The van der Waals surface area contributed by atoms with Crippen molar-refractivity contribution in [1.29, 1.82) is 0 Å². The van der Waals surface area contributed by atoms with Gasteiger partial charge in [0.05, 0.1) is 0 Å². The molecule has 160 valence electrons. The molecule has 29 heavy (non-hydrogen) atoms. The number of amides is 1. The van der Waals surface area contributed by atoms with Gasteiger partial charge in [0.15, 0.2) is 0 Å². The molecule has 0 aromatic heterocycles. The number of nitrogens with zero attached hydrogens (tertiary/aromatic N) is 3. The zero-order valence-electron chi connectivity index (χ0n) is 18.0. The summed E-state index contributed by atoms with van der Waals surface area (Å²) in [6.07, 6.45) is 1.36. The summed E-state index contributed by atoms with van der Waals surface area (Å²) >= 11 is 0. The van der Waals surface area contributed by atoms with E-state index in [1.165, 1.54) is 5.56 Å². The number of ether oxygens (including phenoxy) is 1. The van der Waals surface area contributed by atoms with Gasteiger partial charge in [-0.25, -0.2) is 9.59 Å². The fourth-order valence-electron chi connectivity index (χ4n) is 4.05. The number of carboxylic acids is 1. The molecular weight excluding hydrogens is 370 g/mol. The van der Waals surface area contributed by atoms with Gasteiger partial charge in [-0.15, -0.1) is 0 Å². The standard InChI is InChI=1S/C22H33N3O4/c1-16-7-8-17(14-19(16)25-9-5-6-18(25)20(26)27)15-23-10-12-24(13-11-23)21(28)29-22(2,3)4/h7-8,14,18H,5-6,9-13,15H2,1-4H3,(H,26,27). The predicted molar refractivity (Wildman–Crippen MR) is 112 cm³/mol. The third-order valence-corrected chi connectivity index (χ3v) is 5.55. The lowest BCUT2D eigenvalue weighted by Gasteiger charge is -2.35. The average molecular weight is 404 g/mol. The summed E-state index contributed by atoms with van der Waals surface area (Å²) in [5.74, 6) is -0.745. The topological polar surface area (TPSA) is 73.3 Å².